The Morgan fingerprint density at radius 3 is 2.80 bits per heavy atom. The lowest BCUT2D eigenvalue weighted by Gasteiger charge is -2.18. The molecule has 0 aliphatic rings. The summed E-state index contributed by atoms with van der Waals surface area (Å²) in [6, 6.07) is 5.86. The molecule has 0 bridgehead atoms. The van der Waals surface area contributed by atoms with Gasteiger partial charge in [0.25, 0.3) is 0 Å². The fourth-order valence-electron chi connectivity index (χ4n) is 2.17. The number of aryl methyl sites for hydroxylation is 1. The summed E-state index contributed by atoms with van der Waals surface area (Å²) >= 11 is 0. The summed E-state index contributed by atoms with van der Waals surface area (Å²) in [7, 11) is 1.63. The predicted molar refractivity (Wildman–Crippen MR) is 77.5 cm³/mol. The topological polar surface area (TPSA) is 74.2 Å². The Labute approximate surface area is 119 Å². The molecule has 1 heterocycles. The first-order valence-corrected chi connectivity index (χ1v) is 6.76. The number of hydrogen-bond acceptors (Lipinski definition) is 5. The molecule has 1 aromatic carbocycles. The van der Waals surface area contributed by atoms with Gasteiger partial charge in [0.1, 0.15) is 5.75 Å². The quantitative estimate of drug-likeness (QED) is 0.907. The van der Waals surface area contributed by atoms with E-state index >= 15 is 0 Å². The van der Waals surface area contributed by atoms with Gasteiger partial charge in [-0.25, -0.2) is 0 Å². The van der Waals surface area contributed by atoms with Crippen LogP contribution in [0.5, 0.6) is 5.75 Å². The van der Waals surface area contributed by atoms with Crippen LogP contribution in [-0.4, -0.2) is 17.3 Å². The van der Waals surface area contributed by atoms with Gasteiger partial charge in [0.05, 0.1) is 18.2 Å². The number of ether oxygens (including phenoxy) is 1. The number of benzene rings is 1. The molecule has 0 aliphatic heterocycles. The molecule has 0 saturated carbocycles. The van der Waals surface area contributed by atoms with Gasteiger partial charge in [0.15, 0.2) is 0 Å². The van der Waals surface area contributed by atoms with Crippen molar-refractivity contribution in [2.24, 2.45) is 5.73 Å². The zero-order chi connectivity index (χ0) is 14.8. The Balaban J connectivity index is 2.38. The average molecular weight is 275 g/mol. The Kier molecular flexibility index (Phi) is 4.09. The van der Waals surface area contributed by atoms with Crippen molar-refractivity contribution in [1.82, 2.24) is 10.1 Å². The van der Waals surface area contributed by atoms with Crippen LogP contribution < -0.4 is 10.5 Å². The van der Waals surface area contributed by atoms with E-state index in [2.05, 4.69) is 17.1 Å². The molecule has 5 nitrogen and oxygen atoms in total. The van der Waals surface area contributed by atoms with Crippen LogP contribution in [0.1, 0.15) is 38.1 Å². The number of aromatic nitrogens is 2. The summed E-state index contributed by atoms with van der Waals surface area (Å²) in [4.78, 5) is 4.43. The molecule has 0 spiro atoms. The van der Waals surface area contributed by atoms with Crippen LogP contribution in [0.25, 0.3) is 11.4 Å². The first-order valence-electron chi connectivity index (χ1n) is 6.76. The molecule has 1 unspecified atom stereocenters. The molecule has 2 rings (SSSR count). The van der Waals surface area contributed by atoms with E-state index in [9.17, 15) is 0 Å². The fourth-order valence-corrected chi connectivity index (χ4v) is 2.17. The van der Waals surface area contributed by atoms with E-state index in [-0.39, 0.29) is 0 Å². The molecular formula is C15H21N3O2. The summed E-state index contributed by atoms with van der Waals surface area (Å²) in [6.07, 6.45) is 1.75. The molecule has 1 atom stereocenters. The monoisotopic (exact) mass is 275 g/mol. The van der Waals surface area contributed by atoms with Crippen LogP contribution in [0, 0.1) is 6.92 Å². The van der Waals surface area contributed by atoms with Crippen molar-refractivity contribution in [2.45, 2.75) is 39.2 Å². The summed E-state index contributed by atoms with van der Waals surface area (Å²) in [5.41, 5.74) is 7.53. The van der Waals surface area contributed by atoms with E-state index < -0.39 is 5.54 Å². The van der Waals surface area contributed by atoms with E-state index in [4.69, 9.17) is 15.0 Å². The van der Waals surface area contributed by atoms with Crippen LogP contribution in [0.4, 0.5) is 0 Å². The van der Waals surface area contributed by atoms with Crippen LogP contribution in [0.15, 0.2) is 22.7 Å². The fraction of sp³-hybridized carbons (Fsp3) is 0.467. The Morgan fingerprint density at radius 2 is 2.15 bits per heavy atom. The molecular weight excluding hydrogens is 254 g/mol. The second kappa shape index (κ2) is 5.63. The van der Waals surface area contributed by atoms with Crippen LogP contribution in [0.3, 0.4) is 0 Å². The molecule has 0 fully saturated rings. The largest absolute Gasteiger partial charge is 0.496 e. The highest BCUT2D eigenvalue weighted by molar-refractivity contribution is 5.64. The van der Waals surface area contributed by atoms with E-state index in [1.165, 1.54) is 0 Å². The molecule has 0 amide bonds. The molecule has 2 N–H and O–H groups in total. The van der Waals surface area contributed by atoms with Gasteiger partial charge in [-0.1, -0.05) is 24.6 Å². The summed E-state index contributed by atoms with van der Waals surface area (Å²) < 4.78 is 10.7. The maximum Gasteiger partial charge on any atom is 0.246 e. The molecule has 0 aliphatic carbocycles. The number of nitrogens with two attached hydrogens (primary N) is 1. The third kappa shape index (κ3) is 2.82. The van der Waals surface area contributed by atoms with Crippen molar-refractivity contribution in [3.8, 4) is 17.1 Å². The summed E-state index contributed by atoms with van der Waals surface area (Å²) in [5.74, 6) is 1.69. The lowest BCUT2D eigenvalue weighted by atomic mass is 9.98. The zero-order valence-corrected chi connectivity index (χ0v) is 12.4. The number of rotatable bonds is 5. The van der Waals surface area contributed by atoms with E-state index in [0.717, 1.165) is 29.7 Å². The Morgan fingerprint density at radius 1 is 1.40 bits per heavy atom. The van der Waals surface area contributed by atoms with Gasteiger partial charge in [-0.3, -0.25) is 0 Å². The molecule has 0 radical (unpaired) electrons. The van der Waals surface area contributed by atoms with Crippen LogP contribution in [-0.2, 0) is 5.54 Å². The average Bonchev–Trinajstić information content (AvgIpc) is 2.88. The molecule has 1 aromatic heterocycles. The number of methoxy groups -OCH3 is 1. The highest BCUT2D eigenvalue weighted by Crippen LogP contribution is 2.30. The van der Waals surface area contributed by atoms with Crippen molar-refractivity contribution >= 4 is 0 Å². The van der Waals surface area contributed by atoms with Crippen molar-refractivity contribution in [3.63, 3.8) is 0 Å². The van der Waals surface area contributed by atoms with E-state index in [1.807, 2.05) is 32.0 Å². The van der Waals surface area contributed by atoms with Gasteiger partial charge < -0.3 is 15.0 Å². The van der Waals surface area contributed by atoms with E-state index in [0.29, 0.717) is 11.7 Å². The minimum absolute atomic E-state index is 0.456. The first kappa shape index (κ1) is 14.5. The second-order valence-corrected chi connectivity index (χ2v) is 5.29. The van der Waals surface area contributed by atoms with Gasteiger partial charge in [0, 0.05) is 0 Å². The highest BCUT2D eigenvalue weighted by Gasteiger charge is 2.28. The van der Waals surface area contributed by atoms with Crippen LogP contribution in [0.2, 0.25) is 0 Å². The van der Waals surface area contributed by atoms with E-state index in [1.54, 1.807) is 7.11 Å². The van der Waals surface area contributed by atoms with Crippen molar-refractivity contribution in [1.29, 1.82) is 0 Å². The minimum atomic E-state index is -0.599. The Hall–Kier alpha value is -1.88. The Bertz CT molecular complexity index is 591. The van der Waals surface area contributed by atoms with Gasteiger partial charge in [0.2, 0.25) is 11.7 Å². The molecule has 5 heteroatoms. The molecule has 2 aromatic rings. The first-order chi connectivity index (χ1) is 9.47. The summed E-state index contributed by atoms with van der Waals surface area (Å²) in [5, 5.41) is 4.03. The molecule has 108 valence electrons. The predicted octanol–water partition coefficient (Wildman–Crippen LogP) is 3.03. The van der Waals surface area contributed by atoms with Crippen LogP contribution >= 0.6 is 0 Å². The number of nitrogens with zero attached hydrogens (tertiary/aromatic N) is 2. The summed E-state index contributed by atoms with van der Waals surface area (Å²) in [6.45, 7) is 5.98. The highest BCUT2D eigenvalue weighted by atomic mass is 16.5. The zero-order valence-electron chi connectivity index (χ0n) is 12.4. The van der Waals surface area contributed by atoms with Gasteiger partial charge >= 0.3 is 0 Å². The van der Waals surface area contributed by atoms with Crippen molar-refractivity contribution < 1.29 is 9.26 Å². The third-order valence-corrected chi connectivity index (χ3v) is 3.28. The second-order valence-electron chi connectivity index (χ2n) is 5.29. The maximum absolute atomic E-state index is 6.21. The van der Waals surface area contributed by atoms with Crippen molar-refractivity contribution in [3.05, 3.63) is 29.7 Å². The third-order valence-electron chi connectivity index (χ3n) is 3.28. The number of hydrogen-bond donors (Lipinski definition) is 1. The smallest absolute Gasteiger partial charge is 0.246 e. The lowest BCUT2D eigenvalue weighted by Crippen LogP contribution is -2.33. The minimum Gasteiger partial charge on any atom is -0.496 e. The van der Waals surface area contributed by atoms with Gasteiger partial charge in [-0.2, -0.15) is 4.98 Å². The normalized spacial score (nSPS) is 14.1. The standard InChI is InChI=1S/C15H21N3O2/c1-5-8-15(3,16)14-17-13(18-20-14)11-7-6-10(2)9-12(11)19-4/h6-7,9H,5,8,16H2,1-4H3. The lowest BCUT2D eigenvalue weighted by molar-refractivity contribution is 0.284. The maximum atomic E-state index is 6.21. The van der Waals surface area contributed by atoms with Gasteiger partial charge in [-0.15, -0.1) is 0 Å². The van der Waals surface area contributed by atoms with Crippen molar-refractivity contribution in [2.75, 3.05) is 7.11 Å². The molecule has 0 saturated heterocycles. The van der Waals surface area contributed by atoms with Gasteiger partial charge in [-0.05, 0) is 38.0 Å². The SMILES string of the molecule is CCCC(C)(N)c1nc(-c2ccc(C)cc2OC)no1. The molecule has 20 heavy (non-hydrogen) atoms.